The fraction of sp³-hybridized carbons (Fsp3) is 0.160. The van der Waals surface area contributed by atoms with Gasteiger partial charge in [-0.05, 0) is 60.5 Å². The van der Waals surface area contributed by atoms with Gasteiger partial charge in [-0.25, -0.2) is 9.78 Å². The van der Waals surface area contributed by atoms with Crippen molar-refractivity contribution in [3.05, 3.63) is 88.7 Å². The summed E-state index contributed by atoms with van der Waals surface area (Å²) in [5.41, 5.74) is 2.87. The van der Waals surface area contributed by atoms with Crippen LogP contribution in [0.15, 0.2) is 60.8 Å². The van der Waals surface area contributed by atoms with E-state index in [4.69, 9.17) is 4.74 Å². The smallest absolute Gasteiger partial charge is 0.416 e. The summed E-state index contributed by atoms with van der Waals surface area (Å²) >= 11 is 0. The second-order valence-electron chi connectivity index (χ2n) is 7.86. The number of benzene rings is 2. The number of alkyl halides is 3. The Hall–Kier alpha value is -4.34. The highest BCUT2D eigenvalue weighted by atomic mass is 19.4. The highest BCUT2D eigenvalue weighted by Crippen LogP contribution is 2.30. The monoisotopic (exact) mass is 482 g/mol. The predicted molar refractivity (Wildman–Crippen MR) is 125 cm³/mol. The van der Waals surface area contributed by atoms with Crippen LogP contribution in [0.1, 0.15) is 37.5 Å². The van der Waals surface area contributed by atoms with Crippen molar-refractivity contribution in [3.63, 3.8) is 0 Å². The van der Waals surface area contributed by atoms with E-state index in [1.165, 1.54) is 19.2 Å². The third kappa shape index (κ3) is 5.43. The van der Waals surface area contributed by atoms with Crippen LogP contribution in [0.4, 0.5) is 24.5 Å². The summed E-state index contributed by atoms with van der Waals surface area (Å²) in [6, 6.07) is 13.0. The number of fused-ring (bicyclic) bond motifs is 1. The Bertz CT molecular complexity index is 1410. The third-order valence-electron chi connectivity index (χ3n) is 5.42. The van der Waals surface area contributed by atoms with E-state index in [1.807, 2.05) is 19.1 Å². The maximum Gasteiger partial charge on any atom is 0.416 e. The van der Waals surface area contributed by atoms with E-state index in [0.29, 0.717) is 29.3 Å². The van der Waals surface area contributed by atoms with E-state index in [2.05, 4.69) is 20.6 Å². The molecule has 180 valence electrons. The average molecular weight is 482 g/mol. The molecule has 1 amide bonds. The van der Waals surface area contributed by atoms with Crippen molar-refractivity contribution >= 4 is 34.3 Å². The summed E-state index contributed by atoms with van der Waals surface area (Å²) in [5, 5.41) is 6.63. The number of H-pyrrole nitrogens is 1. The van der Waals surface area contributed by atoms with Crippen LogP contribution >= 0.6 is 0 Å². The van der Waals surface area contributed by atoms with E-state index in [9.17, 15) is 22.8 Å². The molecule has 0 fully saturated rings. The number of aromatic nitrogens is 2. The zero-order valence-corrected chi connectivity index (χ0v) is 18.8. The molecule has 0 saturated heterocycles. The van der Waals surface area contributed by atoms with Gasteiger partial charge in [0.05, 0.1) is 24.6 Å². The summed E-state index contributed by atoms with van der Waals surface area (Å²) in [7, 11) is 1.30. The fourth-order valence-electron chi connectivity index (χ4n) is 3.51. The molecular formula is C25H21F3N4O3. The van der Waals surface area contributed by atoms with Gasteiger partial charge in [0.1, 0.15) is 11.3 Å². The molecule has 0 bridgehead atoms. The molecular weight excluding hydrogens is 461 g/mol. The first-order chi connectivity index (χ1) is 16.6. The van der Waals surface area contributed by atoms with Gasteiger partial charge in [0.25, 0.3) is 5.91 Å². The number of nitrogens with zero attached hydrogens (tertiary/aromatic N) is 1. The highest BCUT2D eigenvalue weighted by molar-refractivity contribution is 6.04. The van der Waals surface area contributed by atoms with Crippen molar-refractivity contribution < 1.29 is 27.5 Å². The number of pyridine rings is 1. The van der Waals surface area contributed by atoms with Gasteiger partial charge < -0.3 is 20.4 Å². The number of carbonyl (C=O) groups excluding carboxylic acids is 2. The number of esters is 1. The molecule has 7 nitrogen and oxygen atoms in total. The molecule has 0 unspecified atom stereocenters. The van der Waals surface area contributed by atoms with Gasteiger partial charge in [-0.3, -0.25) is 4.79 Å². The summed E-state index contributed by atoms with van der Waals surface area (Å²) in [4.78, 5) is 31.4. The topological polar surface area (TPSA) is 96.1 Å². The third-order valence-corrected chi connectivity index (χ3v) is 5.42. The van der Waals surface area contributed by atoms with E-state index in [0.717, 1.165) is 28.6 Å². The molecule has 3 N–H and O–H groups in total. The van der Waals surface area contributed by atoms with E-state index < -0.39 is 23.6 Å². The Morgan fingerprint density at radius 1 is 1.06 bits per heavy atom. The van der Waals surface area contributed by atoms with Gasteiger partial charge in [0.15, 0.2) is 0 Å². The summed E-state index contributed by atoms with van der Waals surface area (Å²) < 4.78 is 43.6. The van der Waals surface area contributed by atoms with Crippen LogP contribution in [-0.4, -0.2) is 29.0 Å². The van der Waals surface area contributed by atoms with E-state index in [1.54, 1.807) is 24.4 Å². The summed E-state index contributed by atoms with van der Waals surface area (Å²) in [6.45, 7) is 2.31. The first-order valence-corrected chi connectivity index (χ1v) is 10.5. The molecule has 0 spiro atoms. The molecule has 0 aliphatic heterocycles. The molecule has 2 aromatic heterocycles. The Morgan fingerprint density at radius 3 is 2.60 bits per heavy atom. The molecule has 0 aliphatic rings. The van der Waals surface area contributed by atoms with Crippen LogP contribution in [0.5, 0.6) is 0 Å². The Labute approximate surface area is 198 Å². The predicted octanol–water partition coefficient (Wildman–Crippen LogP) is 5.54. The van der Waals surface area contributed by atoms with Gasteiger partial charge in [-0.2, -0.15) is 13.2 Å². The van der Waals surface area contributed by atoms with Gasteiger partial charge in [-0.1, -0.05) is 12.1 Å². The second-order valence-corrected chi connectivity index (χ2v) is 7.86. The standard InChI is InChI=1S/C25H21F3N4O3/c1-14-6-7-19(31-23(33)15-4-3-5-18(8-15)25(26,27)28)10-17(14)12-29-20-9-16-11-21(24(34)35-2)32-22(16)30-13-20/h3-11,13,29H,12H2,1-2H3,(H,30,32)(H,31,33). The number of carbonyl (C=O) groups is 2. The highest BCUT2D eigenvalue weighted by Gasteiger charge is 2.30. The van der Waals surface area contributed by atoms with E-state index in [-0.39, 0.29) is 5.56 Å². The fourth-order valence-corrected chi connectivity index (χ4v) is 3.51. The Kier molecular flexibility index (Phi) is 6.46. The van der Waals surface area contributed by atoms with Crippen molar-refractivity contribution in [2.24, 2.45) is 0 Å². The van der Waals surface area contributed by atoms with Crippen LogP contribution in [0.3, 0.4) is 0 Å². The molecule has 0 aliphatic carbocycles. The minimum absolute atomic E-state index is 0.0859. The zero-order valence-electron chi connectivity index (χ0n) is 18.8. The molecule has 2 aromatic carbocycles. The quantitative estimate of drug-likeness (QED) is 0.314. The SMILES string of the molecule is COC(=O)c1cc2cc(NCc3cc(NC(=O)c4cccc(C(F)(F)F)c4)ccc3C)cnc2[nH]1. The minimum Gasteiger partial charge on any atom is -0.464 e. The molecule has 0 saturated carbocycles. The number of hydrogen-bond donors (Lipinski definition) is 3. The number of aryl methyl sites for hydroxylation is 1. The van der Waals surface area contributed by atoms with Crippen LogP contribution in [0, 0.1) is 6.92 Å². The molecule has 4 rings (SSSR count). The number of hydrogen-bond acceptors (Lipinski definition) is 5. The zero-order chi connectivity index (χ0) is 25.2. The number of halogens is 3. The number of rotatable bonds is 6. The van der Waals surface area contributed by atoms with Crippen molar-refractivity contribution in [1.29, 1.82) is 0 Å². The van der Waals surface area contributed by atoms with Crippen LogP contribution in [-0.2, 0) is 17.5 Å². The minimum atomic E-state index is -4.53. The molecule has 35 heavy (non-hydrogen) atoms. The van der Waals surface area contributed by atoms with Crippen molar-refractivity contribution in [3.8, 4) is 0 Å². The largest absolute Gasteiger partial charge is 0.464 e. The second kappa shape index (κ2) is 9.49. The maximum absolute atomic E-state index is 13.0. The van der Waals surface area contributed by atoms with Crippen LogP contribution in [0.2, 0.25) is 0 Å². The number of methoxy groups -OCH3 is 1. The lowest BCUT2D eigenvalue weighted by atomic mass is 10.1. The number of ether oxygens (including phenoxy) is 1. The van der Waals surface area contributed by atoms with Crippen LogP contribution < -0.4 is 10.6 Å². The van der Waals surface area contributed by atoms with Crippen molar-refractivity contribution in [1.82, 2.24) is 9.97 Å². The first kappa shape index (κ1) is 23.8. The van der Waals surface area contributed by atoms with Crippen LogP contribution in [0.25, 0.3) is 11.0 Å². The van der Waals surface area contributed by atoms with Gasteiger partial charge in [0.2, 0.25) is 0 Å². The average Bonchev–Trinajstić information content (AvgIpc) is 3.27. The molecule has 0 atom stereocenters. The van der Waals surface area contributed by atoms with Crippen molar-refractivity contribution in [2.75, 3.05) is 17.7 Å². The maximum atomic E-state index is 13.0. The summed E-state index contributed by atoms with van der Waals surface area (Å²) in [6.07, 6.45) is -2.91. The number of aromatic amines is 1. The first-order valence-electron chi connectivity index (χ1n) is 10.5. The number of anilines is 2. The molecule has 0 radical (unpaired) electrons. The lowest BCUT2D eigenvalue weighted by Gasteiger charge is -2.13. The lowest BCUT2D eigenvalue weighted by Crippen LogP contribution is -2.14. The van der Waals surface area contributed by atoms with Gasteiger partial charge in [0, 0.05) is 23.2 Å². The summed E-state index contributed by atoms with van der Waals surface area (Å²) in [5.74, 6) is -1.13. The molecule has 2 heterocycles. The lowest BCUT2D eigenvalue weighted by molar-refractivity contribution is -0.137. The number of nitrogens with one attached hydrogen (secondary N) is 3. The molecule has 10 heteroatoms. The van der Waals surface area contributed by atoms with Gasteiger partial charge >= 0.3 is 12.1 Å². The Balaban J connectivity index is 1.47. The Morgan fingerprint density at radius 2 is 1.86 bits per heavy atom. The van der Waals surface area contributed by atoms with Gasteiger partial charge in [-0.15, -0.1) is 0 Å². The van der Waals surface area contributed by atoms with Crippen molar-refractivity contribution in [2.45, 2.75) is 19.6 Å². The normalized spacial score (nSPS) is 11.3. The molecule has 4 aromatic rings. The number of amides is 1. The van der Waals surface area contributed by atoms with E-state index >= 15 is 0 Å².